The number of carbonyl (C=O) groups excluding carboxylic acids is 2. The summed E-state index contributed by atoms with van der Waals surface area (Å²) < 4.78 is 2.79. The maximum absolute atomic E-state index is 12.6. The third-order valence-corrected chi connectivity index (χ3v) is 5.12. The van der Waals surface area contributed by atoms with Crippen LogP contribution in [-0.2, 0) is 22.6 Å². The van der Waals surface area contributed by atoms with Crippen LogP contribution in [0.15, 0.2) is 48.5 Å². The van der Waals surface area contributed by atoms with Gasteiger partial charge < -0.3 is 15.2 Å². The van der Waals surface area contributed by atoms with E-state index in [0.29, 0.717) is 11.0 Å². The fraction of sp³-hybridized carbons (Fsp3) is 0.158. The van der Waals surface area contributed by atoms with E-state index in [2.05, 4.69) is 20.6 Å². The largest absolute Gasteiger partial charge is 0.359 e. The number of nitrogens with zero attached hydrogens (tertiary/aromatic N) is 3. The van der Waals surface area contributed by atoms with E-state index in [9.17, 15) is 9.59 Å². The van der Waals surface area contributed by atoms with Crippen molar-refractivity contribution in [3.05, 3.63) is 54.4 Å². The molecule has 0 unspecified atom stereocenters. The number of thiazole rings is 1. The number of hydrogen-bond acceptors (Lipinski definition) is 5. The van der Waals surface area contributed by atoms with Crippen molar-refractivity contribution >= 4 is 49.5 Å². The molecule has 0 aliphatic carbocycles. The maximum Gasteiger partial charge on any atom is 0.246 e. The fourth-order valence-electron chi connectivity index (χ4n) is 2.90. The number of nitrogens with one attached hydrogen (secondary N) is 2. The summed E-state index contributed by atoms with van der Waals surface area (Å²) in [4.78, 5) is 33.4. The average Bonchev–Trinajstić information content (AvgIpc) is 3.22. The minimum atomic E-state index is -0.213. The van der Waals surface area contributed by atoms with Gasteiger partial charge in [0.05, 0.1) is 27.7 Å². The predicted octanol–water partition coefficient (Wildman–Crippen LogP) is 2.57. The zero-order chi connectivity index (χ0) is 18.8. The number of aromatic nitrogens is 3. The predicted molar refractivity (Wildman–Crippen MR) is 106 cm³/mol. The van der Waals surface area contributed by atoms with Crippen LogP contribution in [0.1, 0.15) is 5.82 Å². The first kappa shape index (κ1) is 17.2. The number of fused-ring (bicyclic) bond motifs is 2. The molecule has 4 aromatic rings. The van der Waals surface area contributed by atoms with E-state index in [-0.39, 0.29) is 24.8 Å². The molecule has 0 bridgehead atoms. The first-order valence-corrected chi connectivity index (χ1v) is 9.26. The van der Waals surface area contributed by atoms with Crippen LogP contribution in [0.2, 0.25) is 0 Å². The quantitative estimate of drug-likeness (QED) is 0.558. The van der Waals surface area contributed by atoms with Crippen LogP contribution in [0.3, 0.4) is 0 Å². The molecule has 2 heterocycles. The minimum Gasteiger partial charge on any atom is -0.359 e. The molecule has 0 saturated carbocycles. The lowest BCUT2D eigenvalue weighted by Crippen LogP contribution is -2.24. The highest BCUT2D eigenvalue weighted by Crippen LogP contribution is 2.25. The summed E-state index contributed by atoms with van der Waals surface area (Å²) in [5.41, 5.74) is 2.42. The Morgan fingerprint density at radius 2 is 1.74 bits per heavy atom. The number of benzene rings is 2. The monoisotopic (exact) mass is 379 g/mol. The van der Waals surface area contributed by atoms with Gasteiger partial charge in [-0.15, -0.1) is 0 Å². The van der Waals surface area contributed by atoms with Crippen LogP contribution < -0.4 is 10.6 Å². The molecule has 0 saturated heterocycles. The molecule has 2 aromatic heterocycles. The summed E-state index contributed by atoms with van der Waals surface area (Å²) in [6.45, 7) is 0.0583. The molecule has 136 valence electrons. The highest BCUT2D eigenvalue weighted by molar-refractivity contribution is 7.22. The van der Waals surface area contributed by atoms with Crippen molar-refractivity contribution in [2.45, 2.75) is 13.0 Å². The molecule has 8 heteroatoms. The van der Waals surface area contributed by atoms with E-state index in [1.807, 2.05) is 48.5 Å². The highest BCUT2D eigenvalue weighted by Gasteiger charge is 2.16. The molecule has 27 heavy (non-hydrogen) atoms. The highest BCUT2D eigenvalue weighted by atomic mass is 32.1. The first-order chi connectivity index (χ1) is 13.1. The summed E-state index contributed by atoms with van der Waals surface area (Å²) in [5, 5.41) is 5.99. The van der Waals surface area contributed by atoms with Crippen molar-refractivity contribution in [2.75, 3.05) is 12.4 Å². The van der Waals surface area contributed by atoms with E-state index < -0.39 is 0 Å². The molecule has 0 radical (unpaired) electrons. The topological polar surface area (TPSA) is 88.9 Å². The van der Waals surface area contributed by atoms with Crippen LogP contribution >= 0.6 is 11.3 Å². The van der Waals surface area contributed by atoms with Gasteiger partial charge in [0.1, 0.15) is 12.4 Å². The summed E-state index contributed by atoms with van der Waals surface area (Å²) >= 11 is 1.43. The number of anilines is 1. The van der Waals surface area contributed by atoms with Crippen molar-refractivity contribution in [1.29, 1.82) is 0 Å². The number of likely N-dealkylation sites (N-methyl/N-ethyl adjacent to an activating group) is 1. The zero-order valence-corrected chi connectivity index (χ0v) is 15.4. The normalized spacial score (nSPS) is 11.0. The molecule has 4 rings (SSSR count). The third kappa shape index (κ3) is 3.52. The second kappa shape index (κ2) is 7.16. The van der Waals surface area contributed by atoms with Gasteiger partial charge in [-0.1, -0.05) is 35.6 Å². The number of imidazole rings is 1. The number of carbonyl (C=O) groups is 2. The Hall–Kier alpha value is -3.26. The molecular formula is C19H17N5O2S. The van der Waals surface area contributed by atoms with Gasteiger partial charge in [-0.25, -0.2) is 9.97 Å². The second-order valence-electron chi connectivity index (χ2n) is 5.99. The lowest BCUT2D eigenvalue weighted by Gasteiger charge is -2.08. The smallest absolute Gasteiger partial charge is 0.246 e. The summed E-state index contributed by atoms with van der Waals surface area (Å²) in [5.74, 6) is 0.184. The van der Waals surface area contributed by atoms with Gasteiger partial charge in [0.15, 0.2) is 5.13 Å². The van der Waals surface area contributed by atoms with Crippen molar-refractivity contribution < 1.29 is 9.59 Å². The Kier molecular flexibility index (Phi) is 4.55. The Labute approximate surface area is 159 Å². The average molecular weight is 379 g/mol. The Morgan fingerprint density at radius 3 is 2.52 bits per heavy atom. The van der Waals surface area contributed by atoms with Gasteiger partial charge in [-0.3, -0.25) is 9.59 Å². The zero-order valence-electron chi connectivity index (χ0n) is 14.6. The lowest BCUT2D eigenvalue weighted by molar-refractivity contribution is -0.120. The van der Waals surface area contributed by atoms with Crippen molar-refractivity contribution in [2.24, 2.45) is 0 Å². The van der Waals surface area contributed by atoms with Crippen LogP contribution in [0.5, 0.6) is 0 Å². The van der Waals surface area contributed by atoms with Gasteiger partial charge in [0, 0.05) is 7.05 Å². The van der Waals surface area contributed by atoms with Gasteiger partial charge in [0.25, 0.3) is 0 Å². The molecule has 0 fully saturated rings. The molecule has 0 atom stereocenters. The standard InChI is InChI=1S/C19H17N5O2S/c1-20-17(25)10-16-21-12-6-2-4-8-14(12)24(16)11-18(26)23-19-22-13-7-3-5-9-15(13)27-19/h2-9H,10-11H2,1H3,(H,20,25)(H,22,23,26). The number of rotatable bonds is 5. The van der Waals surface area contributed by atoms with Gasteiger partial charge in [-0.2, -0.15) is 0 Å². The van der Waals surface area contributed by atoms with E-state index >= 15 is 0 Å². The second-order valence-corrected chi connectivity index (χ2v) is 7.02. The van der Waals surface area contributed by atoms with Crippen molar-refractivity contribution in [3.63, 3.8) is 0 Å². The van der Waals surface area contributed by atoms with Crippen LogP contribution in [0.25, 0.3) is 21.3 Å². The van der Waals surface area contributed by atoms with Crippen LogP contribution in [0, 0.1) is 0 Å². The molecule has 2 amide bonds. The van der Waals surface area contributed by atoms with Crippen LogP contribution in [-0.4, -0.2) is 33.4 Å². The van der Waals surface area contributed by atoms with E-state index in [1.54, 1.807) is 11.6 Å². The Balaban J connectivity index is 1.60. The minimum absolute atomic E-state index is 0.0583. The van der Waals surface area contributed by atoms with E-state index in [4.69, 9.17) is 0 Å². The maximum atomic E-state index is 12.6. The Morgan fingerprint density at radius 1 is 1.00 bits per heavy atom. The fourth-order valence-corrected chi connectivity index (χ4v) is 3.78. The summed E-state index contributed by atoms with van der Waals surface area (Å²) in [6, 6.07) is 15.2. The first-order valence-electron chi connectivity index (χ1n) is 8.44. The molecule has 2 N–H and O–H groups in total. The molecule has 0 aliphatic rings. The van der Waals surface area contributed by atoms with E-state index in [0.717, 1.165) is 21.3 Å². The third-order valence-electron chi connectivity index (χ3n) is 4.17. The molecule has 7 nitrogen and oxygen atoms in total. The van der Waals surface area contributed by atoms with Gasteiger partial charge in [0.2, 0.25) is 11.8 Å². The Bertz CT molecular complexity index is 1110. The SMILES string of the molecule is CNC(=O)Cc1nc2ccccc2n1CC(=O)Nc1nc2ccccc2s1. The van der Waals surface area contributed by atoms with Gasteiger partial charge >= 0.3 is 0 Å². The summed E-state index contributed by atoms with van der Waals surface area (Å²) in [6.07, 6.45) is 0.111. The number of hydrogen-bond donors (Lipinski definition) is 2. The molecule has 0 aliphatic heterocycles. The molecule has 0 spiro atoms. The van der Waals surface area contributed by atoms with Gasteiger partial charge in [-0.05, 0) is 24.3 Å². The molecule has 2 aromatic carbocycles. The number of para-hydroxylation sites is 3. The van der Waals surface area contributed by atoms with Crippen molar-refractivity contribution in [3.8, 4) is 0 Å². The van der Waals surface area contributed by atoms with E-state index in [1.165, 1.54) is 11.3 Å². The van der Waals surface area contributed by atoms with Crippen molar-refractivity contribution in [1.82, 2.24) is 19.9 Å². The summed E-state index contributed by atoms with van der Waals surface area (Å²) in [7, 11) is 1.58. The number of amides is 2. The lowest BCUT2D eigenvalue weighted by atomic mass is 10.3. The molecular weight excluding hydrogens is 362 g/mol. The van der Waals surface area contributed by atoms with Crippen LogP contribution in [0.4, 0.5) is 5.13 Å².